The topological polar surface area (TPSA) is 52.3 Å². The number of carbonyl (C=O) groups is 1. The highest BCUT2D eigenvalue weighted by Gasteiger charge is 2.28. The zero-order valence-corrected chi connectivity index (χ0v) is 14.3. The number of halogens is 3. The molecule has 1 aromatic rings. The van der Waals surface area contributed by atoms with E-state index in [1.54, 1.807) is 45.9 Å². The lowest BCUT2D eigenvalue weighted by Crippen LogP contribution is -2.40. The van der Waals surface area contributed by atoms with Crippen molar-refractivity contribution in [2.24, 2.45) is 11.1 Å². The van der Waals surface area contributed by atoms with Crippen LogP contribution in [-0.2, 0) is 15.1 Å². The van der Waals surface area contributed by atoms with Crippen LogP contribution in [0.5, 0.6) is 0 Å². The second-order valence-corrected chi connectivity index (χ2v) is 6.69. The SMILES string of the molecule is CC(C)(C)C(=O)OCC(C)(N)c1ccc(Cl)c(Cl)c1.Cl. The fraction of sp³-hybridized carbons (Fsp3) is 0.500. The van der Waals surface area contributed by atoms with Gasteiger partial charge < -0.3 is 10.5 Å². The summed E-state index contributed by atoms with van der Waals surface area (Å²) in [6.07, 6.45) is 0. The van der Waals surface area contributed by atoms with Crippen LogP contribution in [0.4, 0.5) is 0 Å². The Morgan fingerprint density at radius 2 is 1.75 bits per heavy atom. The van der Waals surface area contributed by atoms with E-state index in [1.165, 1.54) is 0 Å². The van der Waals surface area contributed by atoms with Gasteiger partial charge in [-0.25, -0.2) is 0 Å². The normalized spacial score (nSPS) is 14.2. The van der Waals surface area contributed by atoms with Crippen molar-refractivity contribution >= 4 is 41.6 Å². The van der Waals surface area contributed by atoms with Crippen LogP contribution >= 0.6 is 35.6 Å². The largest absolute Gasteiger partial charge is 0.463 e. The minimum absolute atomic E-state index is 0. The molecule has 0 fully saturated rings. The van der Waals surface area contributed by atoms with Gasteiger partial charge in [0.25, 0.3) is 0 Å². The van der Waals surface area contributed by atoms with Crippen LogP contribution in [0.1, 0.15) is 33.3 Å². The zero-order chi connectivity index (χ0) is 14.8. The van der Waals surface area contributed by atoms with Gasteiger partial charge in [0.2, 0.25) is 0 Å². The Hall–Kier alpha value is -0.480. The van der Waals surface area contributed by atoms with E-state index in [2.05, 4.69) is 0 Å². The lowest BCUT2D eigenvalue weighted by molar-refractivity contribution is -0.154. The maximum Gasteiger partial charge on any atom is 0.311 e. The fourth-order valence-corrected chi connectivity index (χ4v) is 1.66. The van der Waals surface area contributed by atoms with Gasteiger partial charge in [0, 0.05) is 0 Å². The van der Waals surface area contributed by atoms with Gasteiger partial charge >= 0.3 is 5.97 Å². The summed E-state index contributed by atoms with van der Waals surface area (Å²) in [6, 6.07) is 5.14. The van der Waals surface area contributed by atoms with Crippen molar-refractivity contribution in [2.75, 3.05) is 6.61 Å². The van der Waals surface area contributed by atoms with Gasteiger partial charge in [-0.2, -0.15) is 0 Å². The zero-order valence-electron chi connectivity index (χ0n) is 12.0. The molecule has 0 aliphatic heterocycles. The Balaban J connectivity index is 0.00000361. The molecule has 0 aliphatic carbocycles. The molecule has 1 aromatic carbocycles. The molecule has 0 aliphatic rings. The van der Waals surface area contributed by atoms with E-state index in [4.69, 9.17) is 33.7 Å². The van der Waals surface area contributed by atoms with Crippen LogP contribution in [-0.4, -0.2) is 12.6 Å². The summed E-state index contributed by atoms with van der Waals surface area (Å²) >= 11 is 11.8. The number of carbonyl (C=O) groups excluding carboxylic acids is 1. The summed E-state index contributed by atoms with van der Waals surface area (Å²) in [6.45, 7) is 7.25. The molecule has 20 heavy (non-hydrogen) atoms. The molecule has 1 rings (SSSR count). The van der Waals surface area contributed by atoms with Gasteiger partial charge in [0.05, 0.1) is 21.0 Å². The number of hydrogen-bond acceptors (Lipinski definition) is 3. The predicted octanol–water partition coefficient (Wildman–Crippen LogP) is 4.18. The molecule has 0 heterocycles. The lowest BCUT2D eigenvalue weighted by Gasteiger charge is -2.27. The van der Waals surface area contributed by atoms with E-state index < -0.39 is 11.0 Å². The minimum atomic E-state index is -0.810. The molecule has 0 aromatic heterocycles. The minimum Gasteiger partial charge on any atom is -0.463 e. The van der Waals surface area contributed by atoms with Crippen molar-refractivity contribution in [2.45, 2.75) is 33.2 Å². The fourth-order valence-electron chi connectivity index (χ4n) is 1.37. The van der Waals surface area contributed by atoms with Crippen LogP contribution in [0.2, 0.25) is 10.0 Å². The van der Waals surface area contributed by atoms with Crippen LogP contribution in [0, 0.1) is 5.41 Å². The summed E-state index contributed by atoms with van der Waals surface area (Å²) < 4.78 is 5.26. The van der Waals surface area contributed by atoms with Crippen molar-refractivity contribution in [1.82, 2.24) is 0 Å². The Morgan fingerprint density at radius 1 is 1.20 bits per heavy atom. The first kappa shape index (κ1) is 19.5. The number of nitrogens with two attached hydrogens (primary N) is 1. The molecule has 0 amide bonds. The quantitative estimate of drug-likeness (QED) is 0.840. The van der Waals surface area contributed by atoms with Crippen molar-refractivity contribution < 1.29 is 9.53 Å². The van der Waals surface area contributed by atoms with Crippen LogP contribution in [0.3, 0.4) is 0 Å². The summed E-state index contributed by atoms with van der Waals surface area (Å²) in [5.74, 6) is -0.288. The average Bonchev–Trinajstić information content (AvgIpc) is 2.28. The highest BCUT2D eigenvalue weighted by atomic mass is 35.5. The van der Waals surface area contributed by atoms with Crippen LogP contribution < -0.4 is 5.73 Å². The molecule has 1 atom stereocenters. The third-order valence-corrected chi connectivity index (χ3v) is 3.43. The number of esters is 1. The van der Waals surface area contributed by atoms with Gasteiger partial charge in [-0.3, -0.25) is 4.79 Å². The molecule has 3 nitrogen and oxygen atoms in total. The van der Waals surface area contributed by atoms with E-state index in [-0.39, 0.29) is 25.0 Å². The molecule has 0 saturated heterocycles. The van der Waals surface area contributed by atoms with Crippen molar-refractivity contribution in [1.29, 1.82) is 0 Å². The first-order valence-corrected chi connectivity index (χ1v) is 6.71. The summed E-state index contributed by atoms with van der Waals surface area (Å²) in [4.78, 5) is 11.7. The van der Waals surface area contributed by atoms with Crippen molar-refractivity contribution in [3.05, 3.63) is 33.8 Å². The number of rotatable bonds is 3. The van der Waals surface area contributed by atoms with Crippen molar-refractivity contribution in [3.8, 4) is 0 Å². The molecule has 6 heteroatoms. The Kier molecular flexibility index (Phi) is 6.82. The van der Waals surface area contributed by atoms with Gasteiger partial charge in [-0.15, -0.1) is 12.4 Å². The van der Waals surface area contributed by atoms with Gasteiger partial charge in [-0.1, -0.05) is 29.3 Å². The average molecular weight is 341 g/mol. The number of benzene rings is 1. The molecule has 0 radical (unpaired) electrons. The maximum absolute atomic E-state index is 11.7. The van der Waals surface area contributed by atoms with E-state index in [0.29, 0.717) is 10.0 Å². The second kappa shape index (κ2) is 6.99. The molecule has 0 saturated carbocycles. The van der Waals surface area contributed by atoms with Gasteiger partial charge in [-0.05, 0) is 45.4 Å². The van der Waals surface area contributed by atoms with Gasteiger partial charge in [0.1, 0.15) is 6.61 Å². The lowest BCUT2D eigenvalue weighted by atomic mass is 9.93. The van der Waals surface area contributed by atoms with E-state index in [9.17, 15) is 4.79 Å². The maximum atomic E-state index is 11.7. The predicted molar refractivity (Wildman–Crippen MR) is 85.7 cm³/mol. The van der Waals surface area contributed by atoms with Gasteiger partial charge in [0.15, 0.2) is 0 Å². The standard InChI is InChI=1S/C14H19Cl2NO2.ClH/c1-13(2,3)12(18)19-8-14(4,17)9-5-6-10(15)11(16)7-9;/h5-7H,8,17H2,1-4H3;1H. The third-order valence-electron chi connectivity index (χ3n) is 2.69. The highest BCUT2D eigenvalue weighted by Crippen LogP contribution is 2.28. The summed E-state index contributed by atoms with van der Waals surface area (Å²) in [5.41, 5.74) is 5.58. The molecule has 0 spiro atoms. The highest BCUT2D eigenvalue weighted by molar-refractivity contribution is 6.42. The summed E-state index contributed by atoms with van der Waals surface area (Å²) in [7, 11) is 0. The molecular formula is C14H20Cl3NO2. The Labute approximate surface area is 136 Å². The smallest absolute Gasteiger partial charge is 0.311 e. The second-order valence-electron chi connectivity index (χ2n) is 5.87. The number of hydrogen-bond donors (Lipinski definition) is 1. The monoisotopic (exact) mass is 339 g/mol. The van der Waals surface area contributed by atoms with Crippen LogP contribution in [0.15, 0.2) is 18.2 Å². The molecular weight excluding hydrogens is 321 g/mol. The Morgan fingerprint density at radius 3 is 2.20 bits per heavy atom. The Bertz CT molecular complexity index is 482. The molecule has 2 N–H and O–H groups in total. The molecule has 1 unspecified atom stereocenters. The third kappa shape index (κ3) is 5.13. The van der Waals surface area contributed by atoms with E-state index in [0.717, 1.165) is 5.56 Å². The first-order valence-electron chi connectivity index (χ1n) is 5.96. The summed E-state index contributed by atoms with van der Waals surface area (Å²) in [5, 5.41) is 0.894. The van der Waals surface area contributed by atoms with Crippen molar-refractivity contribution in [3.63, 3.8) is 0 Å². The van der Waals surface area contributed by atoms with E-state index >= 15 is 0 Å². The molecule has 114 valence electrons. The van der Waals surface area contributed by atoms with Crippen LogP contribution in [0.25, 0.3) is 0 Å². The number of ether oxygens (including phenoxy) is 1. The van der Waals surface area contributed by atoms with E-state index in [1.807, 2.05) is 0 Å². The first-order chi connectivity index (χ1) is 8.54. The molecule has 0 bridgehead atoms.